The van der Waals surface area contributed by atoms with Crippen LogP contribution in [0.1, 0.15) is 31.9 Å². The van der Waals surface area contributed by atoms with E-state index in [0.717, 1.165) is 16.8 Å². The van der Waals surface area contributed by atoms with E-state index in [1.165, 1.54) is 10.4 Å². The fourth-order valence-corrected chi connectivity index (χ4v) is 2.53. The lowest BCUT2D eigenvalue weighted by molar-refractivity contribution is 0.590. The second kappa shape index (κ2) is 5.78. The van der Waals surface area contributed by atoms with E-state index in [2.05, 4.69) is 48.3 Å². The van der Waals surface area contributed by atoms with Gasteiger partial charge in [0, 0.05) is 10.6 Å². The van der Waals surface area contributed by atoms with Gasteiger partial charge in [-0.25, -0.2) is 0 Å². The number of nitrogens with zero attached hydrogens (tertiary/aromatic N) is 4. The number of hydrogen-bond donors (Lipinski definition) is 0. The average Bonchev–Trinajstić information content (AvgIpc) is 2.99. The molecule has 0 spiro atoms. The third-order valence-corrected chi connectivity index (χ3v) is 4.29. The lowest BCUT2D eigenvalue weighted by atomic mass is 9.87. The smallest absolute Gasteiger partial charge is 0.130 e. The summed E-state index contributed by atoms with van der Waals surface area (Å²) in [5.41, 5.74) is 4.12. The van der Waals surface area contributed by atoms with E-state index in [9.17, 15) is 0 Å². The lowest BCUT2D eigenvalue weighted by Crippen LogP contribution is -2.10. The maximum atomic E-state index is 6.16. The maximum absolute atomic E-state index is 6.16. The normalized spacial score (nSPS) is 11.7. The largest absolute Gasteiger partial charge is 0.205 e. The molecule has 0 saturated carbocycles. The van der Waals surface area contributed by atoms with E-state index in [1.54, 1.807) is 0 Å². The van der Waals surface area contributed by atoms with Crippen LogP contribution >= 0.6 is 11.6 Å². The highest BCUT2D eigenvalue weighted by Gasteiger charge is 2.15. The Morgan fingerprint density at radius 1 is 1.00 bits per heavy atom. The molecular weight excluding hydrogens is 308 g/mol. The van der Waals surface area contributed by atoms with Gasteiger partial charge in [0.15, 0.2) is 0 Å². The molecule has 1 aromatic heterocycles. The van der Waals surface area contributed by atoms with Crippen molar-refractivity contribution < 1.29 is 0 Å². The Morgan fingerprint density at radius 2 is 1.70 bits per heavy atom. The van der Waals surface area contributed by atoms with Crippen LogP contribution in [-0.4, -0.2) is 20.2 Å². The molecule has 0 amide bonds. The Morgan fingerprint density at radius 3 is 2.35 bits per heavy atom. The van der Waals surface area contributed by atoms with Crippen LogP contribution in [0.15, 0.2) is 42.5 Å². The van der Waals surface area contributed by atoms with Crippen molar-refractivity contribution in [3.63, 3.8) is 0 Å². The SMILES string of the molecule is Cc1c(Cl)cccc1-n1nnc(-c2ccc(C(C)(C)C)cc2)n1. The van der Waals surface area contributed by atoms with Gasteiger partial charge < -0.3 is 0 Å². The molecule has 0 aliphatic carbocycles. The molecule has 2 aromatic carbocycles. The molecule has 4 nitrogen and oxygen atoms in total. The van der Waals surface area contributed by atoms with E-state index < -0.39 is 0 Å². The van der Waals surface area contributed by atoms with Crippen LogP contribution in [0.5, 0.6) is 0 Å². The highest BCUT2D eigenvalue weighted by Crippen LogP contribution is 2.25. The highest BCUT2D eigenvalue weighted by molar-refractivity contribution is 6.31. The van der Waals surface area contributed by atoms with Crippen LogP contribution in [0, 0.1) is 6.92 Å². The van der Waals surface area contributed by atoms with Crippen LogP contribution in [0.2, 0.25) is 5.02 Å². The number of hydrogen-bond acceptors (Lipinski definition) is 3. The molecule has 0 atom stereocenters. The Kier molecular flexibility index (Phi) is 3.94. The van der Waals surface area contributed by atoms with Crippen molar-refractivity contribution in [1.29, 1.82) is 0 Å². The summed E-state index contributed by atoms with van der Waals surface area (Å²) in [5, 5.41) is 13.5. The number of tetrazole rings is 1. The molecule has 118 valence electrons. The van der Waals surface area contributed by atoms with Crippen LogP contribution in [-0.2, 0) is 5.41 Å². The van der Waals surface area contributed by atoms with E-state index in [4.69, 9.17) is 11.6 Å². The molecular formula is C18H19ClN4. The highest BCUT2D eigenvalue weighted by atomic mass is 35.5. The van der Waals surface area contributed by atoms with E-state index in [-0.39, 0.29) is 5.41 Å². The van der Waals surface area contributed by atoms with Crippen molar-refractivity contribution in [2.24, 2.45) is 0 Å². The first-order valence-electron chi connectivity index (χ1n) is 7.53. The van der Waals surface area contributed by atoms with Gasteiger partial charge in [0.25, 0.3) is 0 Å². The Balaban J connectivity index is 1.95. The first-order valence-corrected chi connectivity index (χ1v) is 7.90. The standard InChI is InChI=1S/C18H19ClN4/c1-12-15(19)6-5-7-16(12)23-21-17(20-22-23)13-8-10-14(11-9-13)18(2,3)4/h5-11H,1-4H3. The molecule has 0 unspecified atom stereocenters. The minimum absolute atomic E-state index is 0.126. The third kappa shape index (κ3) is 3.13. The minimum atomic E-state index is 0.126. The summed E-state index contributed by atoms with van der Waals surface area (Å²) in [6, 6.07) is 13.9. The second-order valence-electron chi connectivity index (χ2n) is 6.61. The molecule has 0 aliphatic heterocycles. The van der Waals surface area contributed by atoms with E-state index >= 15 is 0 Å². The number of halogens is 1. The van der Waals surface area contributed by atoms with Crippen molar-refractivity contribution in [2.45, 2.75) is 33.1 Å². The van der Waals surface area contributed by atoms with Crippen LogP contribution in [0.25, 0.3) is 17.1 Å². The maximum Gasteiger partial charge on any atom is 0.205 e. The van der Waals surface area contributed by atoms with Gasteiger partial charge in [0.2, 0.25) is 5.82 Å². The summed E-state index contributed by atoms with van der Waals surface area (Å²) in [6.45, 7) is 8.52. The summed E-state index contributed by atoms with van der Waals surface area (Å²) in [7, 11) is 0. The van der Waals surface area contributed by atoms with Crippen molar-refractivity contribution in [3.05, 3.63) is 58.6 Å². The molecule has 3 rings (SSSR count). The molecule has 0 fully saturated rings. The zero-order valence-electron chi connectivity index (χ0n) is 13.7. The van der Waals surface area contributed by atoms with Crippen molar-refractivity contribution in [1.82, 2.24) is 20.2 Å². The Labute approximate surface area is 141 Å². The van der Waals surface area contributed by atoms with Crippen LogP contribution in [0.3, 0.4) is 0 Å². The molecule has 0 bridgehead atoms. The second-order valence-corrected chi connectivity index (χ2v) is 7.02. The fraction of sp³-hybridized carbons (Fsp3) is 0.278. The quantitative estimate of drug-likeness (QED) is 0.692. The predicted octanol–water partition coefficient (Wildman–Crippen LogP) is 4.59. The number of rotatable bonds is 2. The van der Waals surface area contributed by atoms with Crippen molar-refractivity contribution in [3.8, 4) is 17.1 Å². The van der Waals surface area contributed by atoms with Crippen molar-refractivity contribution >= 4 is 11.6 Å². The third-order valence-electron chi connectivity index (χ3n) is 3.88. The molecule has 0 aliphatic rings. The topological polar surface area (TPSA) is 43.6 Å². The Hall–Kier alpha value is -2.20. The molecule has 5 heteroatoms. The van der Waals surface area contributed by atoms with Gasteiger partial charge in [-0.15, -0.1) is 15.0 Å². The van der Waals surface area contributed by atoms with Gasteiger partial charge >= 0.3 is 0 Å². The molecule has 0 saturated heterocycles. The minimum Gasteiger partial charge on any atom is -0.130 e. The van der Waals surface area contributed by atoms with Crippen LogP contribution in [0.4, 0.5) is 0 Å². The average molecular weight is 327 g/mol. The zero-order valence-corrected chi connectivity index (χ0v) is 14.5. The van der Waals surface area contributed by atoms with Gasteiger partial charge in [-0.3, -0.25) is 0 Å². The van der Waals surface area contributed by atoms with E-state index in [1.807, 2.05) is 37.3 Å². The molecule has 0 N–H and O–H groups in total. The van der Waals surface area contributed by atoms with Gasteiger partial charge in [-0.1, -0.05) is 62.7 Å². The molecule has 0 radical (unpaired) electrons. The first-order chi connectivity index (χ1) is 10.9. The number of benzene rings is 2. The lowest BCUT2D eigenvalue weighted by Gasteiger charge is -2.18. The summed E-state index contributed by atoms with van der Waals surface area (Å²) in [4.78, 5) is 1.52. The monoisotopic (exact) mass is 326 g/mol. The first kappa shape index (κ1) is 15.7. The van der Waals surface area contributed by atoms with Gasteiger partial charge in [0.05, 0.1) is 5.69 Å². The fourth-order valence-electron chi connectivity index (χ4n) is 2.36. The summed E-state index contributed by atoms with van der Waals surface area (Å²) in [5.74, 6) is 0.602. The van der Waals surface area contributed by atoms with Crippen molar-refractivity contribution in [2.75, 3.05) is 0 Å². The van der Waals surface area contributed by atoms with Gasteiger partial charge in [-0.2, -0.15) is 0 Å². The molecule has 1 heterocycles. The summed E-state index contributed by atoms with van der Waals surface area (Å²) in [6.07, 6.45) is 0. The zero-order chi connectivity index (χ0) is 16.6. The Bertz CT molecular complexity index is 829. The number of aromatic nitrogens is 4. The molecule has 3 aromatic rings. The van der Waals surface area contributed by atoms with E-state index in [0.29, 0.717) is 10.8 Å². The van der Waals surface area contributed by atoms with Gasteiger partial charge in [0.1, 0.15) is 0 Å². The van der Waals surface area contributed by atoms with Gasteiger partial charge in [-0.05, 0) is 40.8 Å². The molecule has 23 heavy (non-hydrogen) atoms. The summed E-state index contributed by atoms with van der Waals surface area (Å²) >= 11 is 6.16. The predicted molar refractivity (Wildman–Crippen MR) is 93.0 cm³/mol. The van der Waals surface area contributed by atoms with Crippen LogP contribution < -0.4 is 0 Å². The summed E-state index contributed by atoms with van der Waals surface area (Å²) < 4.78 is 0.